The normalized spacial score (nSPS) is 12.8. The molecule has 0 spiro atoms. The van der Waals surface area contributed by atoms with Crippen molar-refractivity contribution in [2.45, 2.75) is 0 Å². The second-order valence-corrected chi connectivity index (χ2v) is 3.77. The first-order valence-corrected chi connectivity index (χ1v) is 5.07. The molecule has 0 saturated carbocycles. The van der Waals surface area contributed by atoms with E-state index in [0.717, 1.165) is 5.56 Å². The molecule has 1 aliphatic carbocycles. The molecule has 0 saturated heterocycles. The molecule has 0 bridgehead atoms. The lowest BCUT2D eigenvalue weighted by Gasteiger charge is -1.95. The summed E-state index contributed by atoms with van der Waals surface area (Å²) < 4.78 is 0. The minimum Gasteiger partial charge on any atom is -0.287 e. The van der Waals surface area contributed by atoms with Crippen molar-refractivity contribution in [1.82, 2.24) is 25.4 Å². The van der Waals surface area contributed by atoms with Gasteiger partial charge in [-0.05, 0) is 0 Å². The summed E-state index contributed by atoms with van der Waals surface area (Å²) in [6.45, 7) is 0. The molecular formula is C11H5N5O. The van der Waals surface area contributed by atoms with Crippen LogP contribution in [0.3, 0.4) is 0 Å². The summed E-state index contributed by atoms with van der Waals surface area (Å²) in [7, 11) is 0. The lowest BCUT2D eigenvalue weighted by Crippen LogP contribution is -1.99. The fraction of sp³-hybridized carbons (Fsp3) is 0. The van der Waals surface area contributed by atoms with E-state index in [9.17, 15) is 4.79 Å². The molecule has 0 amide bonds. The van der Waals surface area contributed by atoms with E-state index < -0.39 is 0 Å². The number of hydrogen-bond acceptors (Lipinski definition) is 5. The molecule has 3 aromatic rings. The topological polar surface area (TPSA) is 84.4 Å². The molecule has 1 aliphatic rings. The first kappa shape index (κ1) is 8.51. The number of H-pyrrole nitrogens is 1. The fourth-order valence-corrected chi connectivity index (χ4v) is 2.05. The minimum atomic E-state index is -0.104. The van der Waals surface area contributed by atoms with Gasteiger partial charge in [0.1, 0.15) is 11.4 Å². The maximum absolute atomic E-state index is 12.1. The van der Waals surface area contributed by atoms with Gasteiger partial charge < -0.3 is 0 Å². The number of nitrogens with zero attached hydrogens (tertiary/aromatic N) is 4. The Labute approximate surface area is 94.7 Å². The third kappa shape index (κ3) is 0.963. The number of nitrogens with one attached hydrogen (secondary N) is 1. The highest BCUT2D eigenvalue weighted by Crippen LogP contribution is 2.34. The Hall–Kier alpha value is -2.63. The molecule has 4 rings (SSSR count). The standard InChI is InChI=1S/C11H5N5O/c17-9-6-4-2-1-3-5(6)7-8(9)13-11-10(12-7)14-16-15-11/h1-4H,(H,12,13,14,15,16). The van der Waals surface area contributed by atoms with Gasteiger partial charge in [-0.2, -0.15) is 5.21 Å². The summed E-state index contributed by atoms with van der Waals surface area (Å²) in [5, 5.41) is 10.1. The molecule has 17 heavy (non-hydrogen) atoms. The monoisotopic (exact) mass is 223 g/mol. The number of hydrogen-bond donors (Lipinski definition) is 1. The van der Waals surface area contributed by atoms with Gasteiger partial charge in [-0.1, -0.05) is 24.3 Å². The van der Waals surface area contributed by atoms with Crippen LogP contribution in [0.25, 0.3) is 22.6 Å². The van der Waals surface area contributed by atoms with E-state index in [0.29, 0.717) is 28.2 Å². The number of carbonyl (C=O) groups excluding carboxylic acids is 1. The van der Waals surface area contributed by atoms with Crippen molar-refractivity contribution in [2.24, 2.45) is 0 Å². The van der Waals surface area contributed by atoms with Gasteiger partial charge in [0.05, 0.1) is 0 Å². The van der Waals surface area contributed by atoms with E-state index >= 15 is 0 Å². The van der Waals surface area contributed by atoms with Gasteiger partial charge in [0.15, 0.2) is 0 Å². The fourth-order valence-electron chi connectivity index (χ4n) is 2.05. The van der Waals surface area contributed by atoms with Crippen LogP contribution in [0.1, 0.15) is 16.1 Å². The Balaban J connectivity index is 2.16. The molecule has 2 aromatic heterocycles. The van der Waals surface area contributed by atoms with Crippen LogP contribution in [0, 0.1) is 0 Å². The Morgan fingerprint density at radius 2 is 1.53 bits per heavy atom. The molecule has 2 heterocycles. The molecule has 6 nitrogen and oxygen atoms in total. The van der Waals surface area contributed by atoms with Crippen molar-refractivity contribution >= 4 is 17.1 Å². The van der Waals surface area contributed by atoms with E-state index in [1.54, 1.807) is 6.07 Å². The number of benzene rings is 1. The Morgan fingerprint density at radius 1 is 0.882 bits per heavy atom. The van der Waals surface area contributed by atoms with Crippen LogP contribution in [0.5, 0.6) is 0 Å². The minimum absolute atomic E-state index is 0.104. The quantitative estimate of drug-likeness (QED) is 0.480. The van der Waals surface area contributed by atoms with Crippen molar-refractivity contribution in [3.63, 3.8) is 0 Å². The predicted octanol–water partition coefficient (Wildman–Crippen LogP) is 0.959. The maximum atomic E-state index is 12.1. The van der Waals surface area contributed by atoms with E-state index in [1.165, 1.54) is 0 Å². The van der Waals surface area contributed by atoms with E-state index in [1.807, 2.05) is 18.2 Å². The summed E-state index contributed by atoms with van der Waals surface area (Å²) in [5.74, 6) is -0.104. The Kier molecular flexibility index (Phi) is 1.37. The highest BCUT2D eigenvalue weighted by molar-refractivity contribution is 6.20. The van der Waals surface area contributed by atoms with E-state index in [-0.39, 0.29) is 5.78 Å². The molecular weight excluding hydrogens is 218 g/mol. The molecule has 0 fully saturated rings. The zero-order valence-corrected chi connectivity index (χ0v) is 8.51. The van der Waals surface area contributed by atoms with Crippen LogP contribution in [0.4, 0.5) is 0 Å². The number of ketones is 1. The third-order valence-corrected chi connectivity index (χ3v) is 2.81. The summed E-state index contributed by atoms with van der Waals surface area (Å²) in [6, 6.07) is 7.33. The van der Waals surface area contributed by atoms with Gasteiger partial charge in [0, 0.05) is 11.1 Å². The lowest BCUT2D eigenvalue weighted by atomic mass is 10.1. The van der Waals surface area contributed by atoms with Crippen molar-refractivity contribution < 1.29 is 4.79 Å². The second-order valence-electron chi connectivity index (χ2n) is 3.77. The van der Waals surface area contributed by atoms with E-state index in [4.69, 9.17) is 0 Å². The van der Waals surface area contributed by atoms with Gasteiger partial charge in [-0.3, -0.25) is 4.79 Å². The molecule has 0 aliphatic heterocycles. The molecule has 1 N–H and O–H groups in total. The van der Waals surface area contributed by atoms with Gasteiger partial charge in [0.25, 0.3) is 0 Å². The molecule has 6 heteroatoms. The Bertz CT molecular complexity index is 776. The van der Waals surface area contributed by atoms with Crippen LogP contribution in [-0.4, -0.2) is 31.2 Å². The van der Waals surface area contributed by atoms with Crippen molar-refractivity contribution in [1.29, 1.82) is 0 Å². The summed E-state index contributed by atoms with van der Waals surface area (Å²) in [6.07, 6.45) is 0. The zero-order valence-electron chi connectivity index (χ0n) is 8.51. The summed E-state index contributed by atoms with van der Waals surface area (Å²) >= 11 is 0. The van der Waals surface area contributed by atoms with Crippen LogP contribution in [0.15, 0.2) is 24.3 Å². The van der Waals surface area contributed by atoms with Gasteiger partial charge in [-0.25, -0.2) is 9.97 Å². The zero-order chi connectivity index (χ0) is 11.4. The van der Waals surface area contributed by atoms with Crippen LogP contribution < -0.4 is 0 Å². The number of aromatic nitrogens is 5. The van der Waals surface area contributed by atoms with Gasteiger partial charge in [0.2, 0.25) is 17.1 Å². The Morgan fingerprint density at radius 3 is 2.29 bits per heavy atom. The predicted molar refractivity (Wildman–Crippen MR) is 58.3 cm³/mol. The molecule has 0 atom stereocenters. The number of rotatable bonds is 0. The largest absolute Gasteiger partial charge is 0.287 e. The van der Waals surface area contributed by atoms with Crippen molar-refractivity contribution in [2.75, 3.05) is 0 Å². The highest BCUT2D eigenvalue weighted by Gasteiger charge is 2.30. The first-order valence-electron chi connectivity index (χ1n) is 5.07. The maximum Gasteiger partial charge on any atom is 0.221 e. The summed E-state index contributed by atoms with van der Waals surface area (Å²) in [4.78, 5) is 20.6. The highest BCUT2D eigenvalue weighted by atomic mass is 16.1. The van der Waals surface area contributed by atoms with E-state index in [2.05, 4.69) is 25.4 Å². The molecule has 80 valence electrons. The molecule has 0 unspecified atom stereocenters. The van der Waals surface area contributed by atoms with Gasteiger partial charge in [-0.15, -0.1) is 10.2 Å². The first-order chi connectivity index (χ1) is 8.34. The SMILES string of the molecule is O=C1c2ccccc2-c2nc3n[nH]nc3nc21. The number of fused-ring (bicyclic) bond motifs is 4. The molecule has 1 aromatic carbocycles. The van der Waals surface area contributed by atoms with Crippen LogP contribution >= 0.6 is 0 Å². The lowest BCUT2D eigenvalue weighted by molar-refractivity contribution is 0.103. The average molecular weight is 223 g/mol. The van der Waals surface area contributed by atoms with Gasteiger partial charge >= 0.3 is 0 Å². The third-order valence-electron chi connectivity index (χ3n) is 2.81. The van der Waals surface area contributed by atoms with Crippen LogP contribution in [0.2, 0.25) is 0 Å². The van der Waals surface area contributed by atoms with Crippen LogP contribution in [-0.2, 0) is 0 Å². The second kappa shape index (κ2) is 2.73. The number of carbonyl (C=O) groups is 1. The average Bonchev–Trinajstić information content (AvgIpc) is 2.92. The smallest absolute Gasteiger partial charge is 0.221 e. The van der Waals surface area contributed by atoms with Crippen molar-refractivity contribution in [3.8, 4) is 11.3 Å². The number of aromatic amines is 1. The molecule has 0 radical (unpaired) electrons. The van der Waals surface area contributed by atoms with Crippen molar-refractivity contribution in [3.05, 3.63) is 35.5 Å². The summed E-state index contributed by atoms with van der Waals surface area (Å²) in [5.41, 5.74) is 3.18.